The summed E-state index contributed by atoms with van der Waals surface area (Å²) in [5.41, 5.74) is 0.153. The van der Waals surface area contributed by atoms with Crippen molar-refractivity contribution in [2.75, 3.05) is 6.61 Å². The summed E-state index contributed by atoms with van der Waals surface area (Å²) in [6.45, 7) is 9.81. The summed E-state index contributed by atoms with van der Waals surface area (Å²) in [4.78, 5) is 11.3. The van der Waals surface area contributed by atoms with Gasteiger partial charge in [0.25, 0.3) is 0 Å². The number of esters is 1. The predicted molar refractivity (Wildman–Crippen MR) is 54.0 cm³/mol. The van der Waals surface area contributed by atoms with Crippen LogP contribution in [0.1, 0.15) is 34.6 Å². The van der Waals surface area contributed by atoms with Crippen LogP contribution in [0.25, 0.3) is 0 Å². The van der Waals surface area contributed by atoms with Gasteiger partial charge in [-0.2, -0.15) is 0 Å². The molecule has 0 radical (unpaired) electrons. The Labute approximate surface area is 85.1 Å². The first kappa shape index (κ1) is 11.2. The zero-order valence-electron chi connectivity index (χ0n) is 9.51. The maximum Gasteiger partial charge on any atom is 0.333 e. The van der Waals surface area contributed by atoms with Crippen molar-refractivity contribution in [3.05, 3.63) is 11.6 Å². The van der Waals surface area contributed by atoms with Crippen molar-refractivity contribution < 1.29 is 14.3 Å². The fourth-order valence-electron chi connectivity index (χ4n) is 1.18. The molecule has 1 rings (SSSR count). The van der Waals surface area contributed by atoms with Crippen molar-refractivity contribution >= 4 is 5.97 Å². The van der Waals surface area contributed by atoms with Crippen LogP contribution in [0.3, 0.4) is 0 Å². The molecule has 0 saturated carbocycles. The minimum absolute atomic E-state index is 0.170. The number of hydrogen-bond donors (Lipinski definition) is 0. The molecule has 1 saturated heterocycles. The van der Waals surface area contributed by atoms with Crippen LogP contribution in [0.15, 0.2) is 11.6 Å². The third kappa shape index (κ3) is 1.98. The van der Waals surface area contributed by atoms with Crippen LogP contribution in [-0.2, 0) is 14.3 Å². The van der Waals surface area contributed by atoms with Crippen LogP contribution in [0.2, 0.25) is 0 Å². The lowest BCUT2D eigenvalue weighted by Crippen LogP contribution is -2.25. The Morgan fingerprint density at radius 1 is 1.43 bits per heavy atom. The zero-order chi connectivity index (χ0) is 11.0. The van der Waals surface area contributed by atoms with Crippen LogP contribution in [0.5, 0.6) is 0 Å². The van der Waals surface area contributed by atoms with E-state index >= 15 is 0 Å². The van der Waals surface area contributed by atoms with Gasteiger partial charge in [0.1, 0.15) is 12.2 Å². The highest BCUT2D eigenvalue weighted by molar-refractivity contribution is 5.87. The SMILES string of the molecule is C/C=C(\C)C(=O)OCC1(C)OC1(C)C. The molecule has 80 valence electrons. The van der Waals surface area contributed by atoms with E-state index in [0.29, 0.717) is 12.2 Å². The fourth-order valence-corrected chi connectivity index (χ4v) is 1.18. The largest absolute Gasteiger partial charge is 0.459 e. The Bertz CT molecular complexity index is 278. The molecule has 1 fully saturated rings. The smallest absolute Gasteiger partial charge is 0.333 e. The number of allylic oxidation sites excluding steroid dienone is 1. The second kappa shape index (κ2) is 3.39. The average molecular weight is 198 g/mol. The molecule has 14 heavy (non-hydrogen) atoms. The van der Waals surface area contributed by atoms with Crippen LogP contribution in [0, 0.1) is 0 Å². The van der Waals surface area contributed by atoms with Gasteiger partial charge in [0.2, 0.25) is 0 Å². The van der Waals surface area contributed by atoms with Crippen molar-refractivity contribution in [1.29, 1.82) is 0 Å². The lowest BCUT2D eigenvalue weighted by Gasteiger charge is -2.09. The standard InChI is InChI=1S/C11H18O3/c1-6-8(2)9(12)13-7-11(5)10(3,4)14-11/h6H,7H2,1-5H3/b8-6+. The van der Waals surface area contributed by atoms with Gasteiger partial charge in [-0.1, -0.05) is 6.08 Å². The molecule has 0 N–H and O–H groups in total. The van der Waals surface area contributed by atoms with Crippen LogP contribution >= 0.6 is 0 Å². The summed E-state index contributed by atoms with van der Waals surface area (Å²) in [7, 11) is 0. The molecule has 1 heterocycles. The van der Waals surface area contributed by atoms with E-state index in [1.807, 2.05) is 27.7 Å². The first-order chi connectivity index (χ1) is 6.32. The van der Waals surface area contributed by atoms with Gasteiger partial charge in [-0.15, -0.1) is 0 Å². The normalized spacial score (nSPS) is 29.9. The van der Waals surface area contributed by atoms with E-state index in [1.165, 1.54) is 0 Å². The number of carbonyl (C=O) groups is 1. The van der Waals surface area contributed by atoms with Gasteiger partial charge in [-0.25, -0.2) is 4.79 Å². The maximum atomic E-state index is 11.3. The highest BCUT2D eigenvalue weighted by Gasteiger charge is 2.60. The molecule has 0 aromatic heterocycles. The van der Waals surface area contributed by atoms with Gasteiger partial charge in [-0.05, 0) is 34.6 Å². The van der Waals surface area contributed by atoms with Gasteiger partial charge in [0, 0.05) is 5.57 Å². The van der Waals surface area contributed by atoms with Crippen LogP contribution in [-0.4, -0.2) is 23.8 Å². The van der Waals surface area contributed by atoms with Crippen molar-refractivity contribution in [2.24, 2.45) is 0 Å². The summed E-state index contributed by atoms with van der Waals surface area (Å²) in [6, 6.07) is 0. The highest BCUT2D eigenvalue weighted by atomic mass is 16.7. The quantitative estimate of drug-likeness (QED) is 0.396. The summed E-state index contributed by atoms with van der Waals surface area (Å²) < 4.78 is 10.6. The Hall–Kier alpha value is -0.830. The molecule has 0 bridgehead atoms. The van der Waals surface area contributed by atoms with Gasteiger partial charge < -0.3 is 9.47 Å². The molecule has 3 nitrogen and oxygen atoms in total. The Morgan fingerprint density at radius 2 is 1.93 bits per heavy atom. The fraction of sp³-hybridized carbons (Fsp3) is 0.727. The zero-order valence-corrected chi connectivity index (χ0v) is 9.51. The number of hydrogen-bond acceptors (Lipinski definition) is 3. The van der Waals surface area contributed by atoms with Gasteiger partial charge in [-0.3, -0.25) is 0 Å². The molecular weight excluding hydrogens is 180 g/mol. The minimum atomic E-state index is -0.309. The number of rotatable bonds is 3. The van der Waals surface area contributed by atoms with E-state index < -0.39 is 0 Å². The third-order valence-electron chi connectivity index (χ3n) is 2.95. The first-order valence-electron chi connectivity index (χ1n) is 4.82. The third-order valence-corrected chi connectivity index (χ3v) is 2.95. The first-order valence-corrected chi connectivity index (χ1v) is 4.82. The topological polar surface area (TPSA) is 38.8 Å². The lowest BCUT2D eigenvalue weighted by molar-refractivity contribution is -0.140. The van der Waals surface area contributed by atoms with E-state index in [0.717, 1.165) is 0 Å². The summed E-state index contributed by atoms with van der Waals surface area (Å²) >= 11 is 0. The second-order valence-corrected chi connectivity index (χ2v) is 4.39. The van der Waals surface area contributed by atoms with Crippen LogP contribution < -0.4 is 0 Å². The van der Waals surface area contributed by atoms with Crippen molar-refractivity contribution in [2.45, 2.75) is 45.8 Å². The molecule has 1 aliphatic heterocycles. The summed E-state index contributed by atoms with van der Waals surface area (Å²) in [5, 5.41) is 0. The number of epoxide rings is 1. The molecule has 1 atom stereocenters. The lowest BCUT2D eigenvalue weighted by atomic mass is 9.99. The number of carbonyl (C=O) groups excluding carboxylic acids is 1. The van der Waals surface area contributed by atoms with Crippen molar-refractivity contribution in [3.8, 4) is 0 Å². The second-order valence-electron chi connectivity index (χ2n) is 4.39. The Kier molecular flexibility index (Phi) is 2.72. The minimum Gasteiger partial charge on any atom is -0.459 e. The van der Waals surface area contributed by atoms with Gasteiger partial charge in [0.05, 0.1) is 5.60 Å². The van der Waals surface area contributed by atoms with Crippen molar-refractivity contribution in [3.63, 3.8) is 0 Å². The number of ether oxygens (including phenoxy) is 2. The predicted octanol–water partition coefficient (Wildman–Crippen LogP) is 2.06. The van der Waals surface area contributed by atoms with E-state index in [4.69, 9.17) is 9.47 Å². The van der Waals surface area contributed by atoms with E-state index in [-0.39, 0.29) is 17.2 Å². The van der Waals surface area contributed by atoms with Gasteiger partial charge >= 0.3 is 5.97 Å². The molecular formula is C11H18O3. The molecule has 0 amide bonds. The molecule has 1 unspecified atom stereocenters. The Balaban J connectivity index is 2.40. The monoisotopic (exact) mass is 198 g/mol. The molecule has 0 aromatic rings. The Morgan fingerprint density at radius 3 is 2.29 bits per heavy atom. The molecule has 0 aromatic carbocycles. The maximum absolute atomic E-state index is 11.3. The molecule has 3 heteroatoms. The summed E-state index contributed by atoms with van der Waals surface area (Å²) in [5.74, 6) is -0.264. The molecule has 0 spiro atoms. The van der Waals surface area contributed by atoms with E-state index in [2.05, 4.69) is 0 Å². The van der Waals surface area contributed by atoms with E-state index in [9.17, 15) is 4.79 Å². The average Bonchev–Trinajstić information content (AvgIpc) is 2.61. The van der Waals surface area contributed by atoms with Crippen LogP contribution in [0.4, 0.5) is 0 Å². The molecule has 0 aliphatic carbocycles. The summed E-state index contributed by atoms with van der Waals surface area (Å²) in [6.07, 6.45) is 1.74. The van der Waals surface area contributed by atoms with Crippen molar-refractivity contribution in [1.82, 2.24) is 0 Å². The van der Waals surface area contributed by atoms with Gasteiger partial charge in [0.15, 0.2) is 0 Å². The highest BCUT2D eigenvalue weighted by Crippen LogP contribution is 2.47. The van der Waals surface area contributed by atoms with E-state index in [1.54, 1.807) is 13.0 Å². The molecule has 1 aliphatic rings.